The average molecular weight is 312 g/mol. The molecule has 0 bridgehead atoms. The Morgan fingerprint density at radius 3 is 2.62 bits per heavy atom. The zero-order chi connectivity index (χ0) is 16.0. The van der Waals surface area contributed by atoms with Crippen LogP contribution in [-0.2, 0) is 14.3 Å². The third-order valence-corrected chi connectivity index (χ3v) is 3.19. The molecule has 1 saturated carbocycles. The molecule has 1 amide bonds. The molecule has 0 aromatic carbocycles. The van der Waals surface area contributed by atoms with Crippen LogP contribution in [0.4, 0.5) is 13.2 Å². The molecule has 1 fully saturated rings. The molecule has 3 atom stereocenters. The number of rotatable bonds is 6. The molecule has 122 valence electrons. The van der Waals surface area contributed by atoms with Crippen molar-refractivity contribution >= 4 is 11.9 Å². The van der Waals surface area contributed by atoms with Crippen LogP contribution in [0.3, 0.4) is 0 Å². The van der Waals surface area contributed by atoms with Gasteiger partial charge in [-0.15, -0.1) is 0 Å². The number of ether oxygens (including phenoxy) is 1. The van der Waals surface area contributed by atoms with Gasteiger partial charge in [0.25, 0.3) is 0 Å². The number of hydrogen-bond acceptors (Lipinski definition) is 4. The molecule has 0 spiro atoms. The van der Waals surface area contributed by atoms with Crippen molar-refractivity contribution in [3.63, 3.8) is 0 Å². The lowest BCUT2D eigenvalue weighted by molar-refractivity contribution is -0.188. The molecule has 3 unspecified atom stereocenters. The van der Waals surface area contributed by atoms with Crippen molar-refractivity contribution in [3.8, 4) is 0 Å². The Morgan fingerprint density at radius 1 is 1.38 bits per heavy atom. The van der Waals surface area contributed by atoms with Gasteiger partial charge in [-0.2, -0.15) is 13.2 Å². The van der Waals surface area contributed by atoms with Crippen molar-refractivity contribution in [2.45, 2.75) is 56.5 Å². The van der Waals surface area contributed by atoms with E-state index < -0.39 is 43.2 Å². The SMILES string of the molecule is NC(CC(=O)O)C(=O)NC1CCCC(OCC(F)(F)F)C1. The Balaban J connectivity index is 2.38. The van der Waals surface area contributed by atoms with E-state index in [1.807, 2.05) is 0 Å². The smallest absolute Gasteiger partial charge is 0.411 e. The van der Waals surface area contributed by atoms with Gasteiger partial charge in [0.15, 0.2) is 0 Å². The average Bonchev–Trinajstić information content (AvgIpc) is 2.35. The highest BCUT2D eigenvalue weighted by atomic mass is 19.4. The summed E-state index contributed by atoms with van der Waals surface area (Å²) in [7, 11) is 0. The molecule has 4 N–H and O–H groups in total. The van der Waals surface area contributed by atoms with E-state index in [1.165, 1.54) is 0 Å². The number of nitrogens with one attached hydrogen (secondary N) is 1. The van der Waals surface area contributed by atoms with Crippen molar-refractivity contribution in [1.82, 2.24) is 5.32 Å². The van der Waals surface area contributed by atoms with E-state index in [-0.39, 0.29) is 12.5 Å². The predicted molar refractivity (Wildman–Crippen MR) is 66.4 cm³/mol. The summed E-state index contributed by atoms with van der Waals surface area (Å²) < 4.78 is 41.0. The minimum absolute atomic E-state index is 0.265. The topological polar surface area (TPSA) is 102 Å². The van der Waals surface area contributed by atoms with Crippen molar-refractivity contribution in [3.05, 3.63) is 0 Å². The molecule has 0 aromatic heterocycles. The number of carbonyl (C=O) groups excluding carboxylic acids is 1. The molecular weight excluding hydrogens is 293 g/mol. The first-order valence-electron chi connectivity index (χ1n) is 6.63. The van der Waals surface area contributed by atoms with Crippen molar-refractivity contribution < 1.29 is 32.6 Å². The summed E-state index contributed by atoms with van der Waals surface area (Å²) in [6.45, 7) is -1.31. The van der Waals surface area contributed by atoms with Crippen molar-refractivity contribution in [1.29, 1.82) is 0 Å². The van der Waals surface area contributed by atoms with Crippen LogP contribution in [0, 0.1) is 0 Å². The highest BCUT2D eigenvalue weighted by Crippen LogP contribution is 2.24. The lowest BCUT2D eigenvalue weighted by Gasteiger charge is -2.30. The number of aliphatic carboxylic acids is 1. The van der Waals surface area contributed by atoms with Crippen molar-refractivity contribution in [2.75, 3.05) is 6.61 Å². The van der Waals surface area contributed by atoms with Gasteiger partial charge >= 0.3 is 12.1 Å². The van der Waals surface area contributed by atoms with Gasteiger partial charge in [-0.3, -0.25) is 9.59 Å². The number of hydrogen-bond donors (Lipinski definition) is 3. The number of carboxylic acids is 1. The molecular formula is C12H19F3N2O4. The van der Waals surface area contributed by atoms with Gasteiger partial charge in [0.2, 0.25) is 5.91 Å². The summed E-state index contributed by atoms with van der Waals surface area (Å²) in [5, 5.41) is 11.1. The first kappa shape index (κ1) is 17.7. The second-order valence-electron chi connectivity index (χ2n) is 5.12. The van der Waals surface area contributed by atoms with Crippen LogP contribution in [0.15, 0.2) is 0 Å². The molecule has 1 aliphatic carbocycles. The maximum absolute atomic E-state index is 12.1. The summed E-state index contributed by atoms with van der Waals surface area (Å²) in [5.41, 5.74) is 5.41. The van der Waals surface area contributed by atoms with Gasteiger partial charge in [-0.1, -0.05) is 0 Å². The van der Waals surface area contributed by atoms with Crippen molar-refractivity contribution in [2.24, 2.45) is 5.73 Å². The van der Waals surface area contributed by atoms with E-state index in [4.69, 9.17) is 15.6 Å². The Hall–Kier alpha value is -1.35. The highest BCUT2D eigenvalue weighted by molar-refractivity contribution is 5.86. The third-order valence-electron chi connectivity index (χ3n) is 3.19. The van der Waals surface area contributed by atoms with Crippen LogP contribution in [0.5, 0.6) is 0 Å². The van der Waals surface area contributed by atoms with E-state index >= 15 is 0 Å². The van der Waals surface area contributed by atoms with Gasteiger partial charge in [0.1, 0.15) is 6.61 Å². The first-order valence-corrected chi connectivity index (χ1v) is 6.63. The van der Waals surface area contributed by atoms with Crippen LogP contribution in [-0.4, -0.2) is 48.0 Å². The van der Waals surface area contributed by atoms with Crippen LogP contribution in [0.1, 0.15) is 32.1 Å². The van der Waals surface area contributed by atoms with E-state index in [0.717, 1.165) is 0 Å². The van der Waals surface area contributed by atoms with Crippen LogP contribution in [0.2, 0.25) is 0 Å². The largest absolute Gasteiger partial charge is 0.481 e. The molecule has 1 rings (SSSR count). The number of alkyl halides is 3. The lowest BCUT2D eigenvalue weighted by atomic mass is 9.92. The summed E-state index contributed by atoms with van der Waals surface area (Å²) in [6.07, 6.45) is -3.43. The summed E-state index contributed by atoms with van der Waals surface area (Å²) in [5.74, 6) is -1.80. The molecule has 0 aliphatic heterocycles. The van der Waals surface area contributed by atoms with Gasteiger partial charge in [0, 0.05) is 6.04 Å². The molecule has 0 aromatic rings. The Kier molecular flexibility index (Phi) is 6.41. The van der Waals surface area contributed by atoms with E-state index in [2.05, 4.69) is 5.32 Å². The van der Waals surface area contributed by atoms with E-state index in [9.17, 15) is 22.8 Å². The molecule has 9 heteroatoms. The number of amides is 1. The number of halogens is 3. The number of carboxylic acid groups (broad SMARTS) is 1. The van der Waals surface area contributed by atoms with E-state index in [0.29, 0.717) is 19.3 Å². The number of nitrogens with two attached hydrogens (primary N) is 1. The van der Waals surface area contributed by atoms with Gasteiger partial charge < -0.3 is 20.9 Å². The van der Waals surface area contributed by atoms with Crippen LogP contribution >= 0.6 is 0 Å². The van der Waals surface area contributed by atoms with Gasteiger partial charge in [-0.25, -0.2) is 0 Å². The molecule has 1 aliphatic rings. The van der Waals surface area contributed by atoms with Gasteiger partial charge in [-0.05, 0) is 25.7 Å². The fraction of sp³-hybridized carbons (Fsp3) is 0.833. The van der Waals surface area contributed by atoms with Crippen LogP contribution < -0.4 is 11.1 Å². The third kappa shape index (κ3) is 7.28. The first-order chi connectivity index (χ1) is 9.67. The summed E-state index contributed by atoms with van der Waals surface area (Å²) >= 11 is 0. The summed E-state index contributed by atoms with van der Waals surface area (Å²) in [6, 6.07) is -1.51. The lowest BCUT2D eigenvalue weighted by Crippen LogP contribution is -2.48. The molecule has 0 heterocycles. The monoisotopic (exact) mass is 312 g/mol. The minimum atomic E-state index is -4.37. The fourth-order valence-electron chi connectivity index (χ4n) is 2.23. The second kappa shape index (κ2) is 7.60. The minimum Gasteiger partial charge on any atom is -0.481 e. The Labute approximate surface area is 119 Å². The Bertz CT molecular complexity index is 376. The second-order valence-corrected chi connectivity index (χ2v) is 5.12. The summed E-state index contributed by atoms with van der Waals surface area (Å²) in [4.78, 5) is 22.1. The fourth-order valence-corrected chi connectivity index (χ4v) is 2.23. The van der Waals surface area contributed by atoms with Crippen LogP contribution in [0.25, 0.3) is 0 Å². The molecule has 0 saturated heterocycles. The number of carbonyl (C=O) groups is 2. The zero-order valence-corrected chi connectivity index (χ0v) is 11.4. The quantitative estimate of drug-likeness (QED) is 0.673. The zero-order valence-electron chi connectivity index (χ0n) is 11.4. The molecule has 6 nitrogen and oxygen atoms in total. The molecule has 0 radical (unpaired) electrons. The molecule has 21 heavy (non-hydrogen) atoms. The predicted octanol–water partition coefficient (Wildman–Crippen LogP) is 0.795. The standard InChI is InChI=1S/C12H19F3N2O4/c13-12(14,15)6-21-8-3-1-2-7(4-8)17-11(20)9(16)5-10(18)19/h7-9H,1-6,16H2,(H,17,20)(H,18,19). The maximum Gasteiger partial charge on any atom is 0.411 e. The van der Waals surface area contributed by atoms with E-state index in [1.54, 1.807) is 0 Å². The Morgan fingerprint density at radius 2 is 2.05 bits per heavy atom. The van der Waals surface area contributed by atoms with Gasteiger partial charge in [0.05, 0.1) is 18.6 Å². The normalized spacial score (nSPS) is 24.4. The highest BCUT2D eigenvalue weighted by Gasteiger charge is 2.32. The maximum atomic E-state index is 12.1.